The molecule has 0 radical (unpaired) electrons. The van der Waals surface area contributed by atoms with Gasteiger partial charge in [-0.2, -0.15) is 0 Å². The molecular weight excluding hydrogens is 214 g/mol. The van der Waals surface area contributed by atoms with Crippen molar-refractivity contribution in [2.75, 3.05) is 0 Å². The summed E-state index contributed by atoms with van der Waals surface area (Å²) in [5.41, 5.74) is 2.04. The van der Waals surface area contributed by atoms with Crippen LogP contribution in [0, 0.1) is 0 Å². The smallest absolute Gasteiger partial charge is 0.115 e. The highest BCUT2D eigenvalue weighted by Gasteiger charge is 2.06. The van der Waals surface area contributed by atoms with Gasteiger partial charge in [0.1, 0.15) is 5.75 Å². The van der Waals surface area contributed by atoms with E-state index >= 15 is 0 Å². The lowest BCUT2D eigenvalue weighted by Crippen LogP contribution is -2.13. The highest BCUT2D eigenvalue weighted by molar-refractivity contribution is 5.26. The van der Waals surface area contributed by atoms with Crippen molar-refractivity contribution in [3.05, 3.63) is 59.9 Å². The number of aliphatic hydroxyl groups excluding tert-OH is 1. The van der Waals surface area contributed by atoms with Crippen LogP contribution in [-0.4, -0.2) is 21.3 Å². The molecule has 1 atom stereocenters. The molecule has 1 unspecified atom stereocenters. The minimum atomic E-state index is -0.427. The molecule has 0 saturated heterocycles. The Kier molecular flexibility index (Phi) is 3.73. The van der Waals surface area contributed by atoms with Gasteiger partial charge in [0.15, 0.2) is 0 Å². The molecule has 3 heteroatoms. The van der Waals surface area contributed by atoms with E-state index in [2.05, 4.69) is 4.98 Å². The fourth-order valence-electron chi connectivity index (χ4n) is 1.77. The van der Waals surface area contributed by atoms with Gasteiger partial charge in [-0.1, -0.05) is 18.2 Å². The van der Waals surface area contributed by atoms with Gasteiger partial charge in [0.25, 0.3) is 0 Å². The third kappa shape index (κ3) is 3.57. The van der Waals surface area contributed by atoms with Crippen molar-refractivity contribution in [3.63, 3.8) is 0 Å². The van der Waals surface area contributed by atoms with Crippen LogP contribution >= 0.6 is 0 Å². The number of phenols is 1. The molecular formula is C14H15NO2. The predicted molar refractivity (Wildman–Crippen MR) is 65.8 cm³/mol. The number of hydrogen-bond acceptors (Lipinski definition) is 3. The Hall–Kier alpha value is -1.87. The molecule has 1 heterocycles. The predicted octanol–water partition coefficient (Wildman–Crippen LogP) is 1.93. The van der Waals surface area contributed by atoms with Gasteiger partial charge < -0.3 is 10.2 Å². The Morgan fingerprint density at radius 3 is 2.35 bits per heavy atom. The molecule has 0 aliphatic carbocycles. The van der Waals surface area contributed by atoms with Gasteiger partial charge in [-0.3, -0.25) is 4.98 Å². The van der Waals surface area contributed by atoms with Crippen molar-refractivity contribution in [2.45, 2.75) is 18.9 Å². The maximum atomic E-state index is 9.94. The molecule has 2 N–H and O–H groups in total. The largest absolute Gasteiger partial charge is 0.508 e. The molecule has 0 amide bonds. The third-order valence-electron chi connectivity index (χ3n) is 2.60. The van der Waals surface area contributed by atoms with Gasteiger partial charge in [-0.05, 0) is 35.7 Å². The SMILES string of the molecule is Oc1ccc(CC(O)Cc2cccnc2)cc1. The van der Waals surface area contributed by atoms with Crippen LogP contribution in [0.15, 0.2) is 48.8 Å². The van der Waals surface area contributed by atoms with E-state index in [9.17, 15) is 5.11 Å². The van der Waals surface area contributed by atoms with Gasteiger partial charge in [0.05, 0.1) is 6.10 Å². The molecule has 0 aliphatic heterocycles. The molecule has 0 aliphatic rings. The minimum Gasteiger partial charge on any atom is -0.508 e. The lowest BCUT2D eigenvalue weighted by atomic mass is 10.0. The molecule has 3 nitrogen and oxygen atoms in total. The molecule has 0 bridgehead atoms. The van der Waals surface area contributed by atoms with E-state index in [0.717, 1.165) is 11.1 Å². The van der Waals surface area contributed by atoms with Crippen molar-refractivity contribution in [3.8, 4) is 5.75 Å². The van der Waals surface area contributed by atoms with Crippen LogP contribution in [-0.2, 0) is 12.8 Å². The summed E-state index contributed by atoms with van der Waals surface area (Å²) in [5.74, 6) is 0.246. The van der Waals surface area contributed by atoms with Crippen molar-refractivity contribution < 1.29 is 10.2 Å². The van der Waals surface area contributed by atoms with Crippen LogP contribution in [0.5, 0.6) is 5.75 Å². The molecule has 1 aromatic heterocycles. The summed E-state index contributed by atoms with van der Waals surface area (Å²) in [6.45, 7) is 0. The summed E-state index contributed by atoms with van der Waals surface area (Å²) in [5, 5.41) is 19.1. The van der Waals surface area contributed by atoms with Crippen LogP contribution in [0.3, 0.4) is 0 Å². The van der Waals surface area contributed by atoms with E-state index in [-0.39, 0.29) is 5.75 Å². The van der Waals surface area contributed by atoms with Gasteiger partial charge in [-0.15, -0.1) is 0 Å². The maximum Gasteiger partial charge on any atom is 0.115 e. The highest BCUT2D eigenvalue weighted by Crippen LogP contribution is 2.12. The first-order valence-corrected chi connectivity index (χ1v) is 5.59. The number of pyridine rings is 1. The Morgan fingerprint density at radius 1 is 1.00 bits per heavy atom. The summed E-state index contributed by atoms with van der Waals surface area (Å²) < 4.78 is 0. The lowest BCUT2D eigenvalue weighted by Gasteiger charge is -2.10. The van der Waals surface area contributed by atoms with Gasteiger partial charge in [-0.25, -0.2) is 0 Å². The first kappa shape index (κ1) is 11.6. The lowest BCUT2D eigenvalue weighted by molar-refractivity contribution is 0.175. The van der Waals surface area contributed by atoms with E-state index in [1.165, 1.54) is 0 Å². The van der Waals surface area contributed by atoms with Crippen molar-refractivity contribution >= 4 is 0 Å². The van der Waals surface area contributed by atoms with Crippen LogP contribution in [0.2, 0.25) is 0 Å². The Bertz CT molecular complexity index is 453. The highest BCUT2D eigenvalue weighted by atomic mass is 16.3. The van der Waals surface area contributed by atoms with E-state index in [4.69, 9.17) is 5.11 Å². The monoisotopic (exact) mass is 229 g/mol. The number of aromatic hydroxyl groups is 1. The maximum absolute atomic E-state index is 9.94. The average Bonchev–Trinajstić information content (AvgIpc) is 2.33. The summed E-state index contributed by atoms with van der Waals surface area (Å²) >= 11 is 0. The first-order valence-electron chi connectivity index (χ1n) is 5.59. The molecule has 0 spiro atoms. The van der Waals surface area contributed by atoms with Crippen LogP contribution in [0.4, 0.5) is 0 Å². The average molecular weight is 229 g/mol. The fraction of sp³-hybridized carbons (Fsp3) is 0.214. The van der Waals surface area contributed by atoms with Gasteiger partial charge in [0, 0.05) is 18.8 Å². The summed E-state index contributed by atoms with van der Waals surface area (Å²) in [6.07, 6.45) is 4.23. The second-order valence-corrected chi connectivity index (χ2v) is 4.09. The minimum absolute atomic E-state index is 0.246. The first-order chi connectivity index (χ1) is 8.24. The summed E-state index contributed by atoms with van der Waals surface area (Å²) in [6, 6.07) is 10.7. The fourth-order valence-corrected chi connectivity index (χ4v) is 1.77. The van der Waals surface area contributed by atoms with Crippen LogP contribution < -0.4 is 0 Å². The zero-order chi connectivity index (χ0) is 12.1. The topological polar surface area (TPSA) is 53.4 Å². The molecule has 2 rings (SSSR count). The van der Waals surface area contributed by atoms with Crippen molar-refractivity contribution in [1.82, 2.24) is 4.98 Å². The molecule has 0 saturated carbocycles. The van der Waals surface area contributed by atoms with Crippen molar-refractivity contribution in [2.24, 2.45) is 0 Å². The number of nitrogens with zero attached hydrogens (tertiary/aromatic N) is 1. The summed E-state index contributed by atoms with van der Waals surface area (Å²) in [4.78, 5) is 4.01. The molecule has 88 valence electrons. The Balaban J connectivity index is 1.93. The van der Waals surface area contributed by atoms with Crippen LogP contribution in [0.1, 0.15) is 11.1 Å². The second kappa shape index (κ2) is 5.46. The molecule has 0 fully saturated rings. The molecule has 2 aromatic rings. The van der Waals surface area contributed by atoms with E-state index < -0.39 is 6.10 Å². The number of phenolic OH excluding ortho intramolecular Hbond substituents is 1. The van der Waals surface area contributed by atoms with Gasteiger partial charge in [0.2, 0.25) is 0 Å². The second-order valence-electron chi connectivity index (χ2n) is 4.09. The number of aromatic nitrogens is 1. The molecule has 17 heavy (non-hydrogen) atoms. The van der Waals surface area contributed by atoms with E-state index in [1.807, 2.05) is 24.3 Å². The normalized spacial score (nSPS) is 12.3. The standard InChI is InChI=1S/C14H15NO2/c16-13-5-3-11(4-6-13)8-14(17)9-12-2-1-7-15-10-12/h1-7,10,14,16-17H,8-9H2. The number of rotatable bonds is 4. The van der Waals surface area contributed by atoms with Crippen LogP contribution in [0.25, 0.3) is 0 Å². The summed E-state index contributed by atoms with van der Waals surface area (Å²) in [7, 11) is 0. The third-order valence-corrected chi connectivity index (χ3v) is 2.60. The van der Waals surface area contributed by atoms with Gasteiger partial charge >= 0.3 is 0 Å². The zero-order valence-electron chi connectivity index (χ0n) is 9.45. The van der Waals surface area contributed by atoms with E-state index in [1.54, 1.807) is 24.5 Å². The Morgan fingerprint density at radius 2 is 1.71 bits per heavy atom. The Labute approximate surface area is 100 Å². The number of aliphatic hydroxyl groups is 1. The van der Waals surface area contributed by atoms with E-state index in [0.29, 0.717) is 12.8 Å². The van der Waals surface area contributed by atoms with Crippen molar-refractivity contribution in [1.29, 1.82) is 0 Å². The quantitative estimate of drug-likeness (QED) is 0.842. The zero-order valence-corrected chi connectivity index (χ0v) is 9.45. The molecule has 1 aromatic carbocycles. The number of hydrogen-bond donors (Lipinski definition) is 2. The number of benzene rings is 1.